The molecular weight excluding hydrogens is 260 g/mol. The number of carbonyl (C=O) groups is 1. The fraction of sp³-hybridized carbons (Fsp3) is 0.133. The van der Waals surface area contributed by atoms with Crippen molar-refractivity contribution < 1.29 is 4.79 Å². The van der Waals surface area contributed by atoms with E-state index in [9.17, 15) is 4.79 Å². The van der Waals surface area contributed by atoms with Gasteiger partial charge in [-0.25, -0.2) is 0 Å². The van der Waals surface area contributed by atoms with E-state index in [4.69, 9.17) is 17.3 Å². The molecule has 0 bridgehead atoms. The number of carbonyl (C=O) groups excluding carboxylic acids is 1. The fourth-order valence-electron chi connectivity index (χ4n) is 1.82. The molecule has 0 atom stereocenters. The Kier molecular flexibility index (Phi) is 3.76. The molecule has 98 valence electrons. The zero-order valence-corrected chi connectivity index (χ0v) is 11.6. The predicted molar refractivity (Wildman–Crippen MR) is 79.7 cm³/mol. The summed E-state index contributed by atoms with van der Waals surface area (Å²) in [5, 5.41) is 3.24. The molecule has 0 heterocycles. The van der Waals surface area contributed by atoms with Crippen LogP contribution in [0.2, 0.25) is 5.02 Å². The van der Waals surface area contributed by atoms with Gasteiger partial charge in [0, 0.05) is 11.3 Å². The molecular formula is C15H15ClN2O. The number of rotatable bonds is 2. The molecule has 0 aromatic heterocycles. The maximum atomic E-state index is 12.1. The largest absolute Gasteiger partial charge is 0.398 e. The van der Waals surface area contributed by atoms with Crippen molar-refractivity contribution in [1.82, 2.24) is 0 Å². The topological polar surface area (TPSA) is 55.1 Å². The number of aryl methyl sites for hydroxylation is 2. The van der Waals surface area contributed by atoms with Crippen molar-refractivity contribution in [2.24, 2.45) is 0 Å². The maximum absolute atomic E-state index is 12.1. The molecule has 2 aromatic rings. The average Bonchev–Trinajstić information content (AvgIpc) is 2.36. The number of nitrogen functional groups attached to an aromatic ring is 1. The van der Waals surface area contributed by atoms with Crippen LogP contribution in [0.5, 0.6) is 0 Å². The van der Waals surface area contributed by atoms with Gasteiger partial charge < -0.3 is 11.1 Å². The van der Waals surface area contributed by atoms with Crippen molar-refractivity contribution in [3.8, 4) is 0 Å². The Morgan fingerprint density at radius 2 is 1.89 bits per heavy atom. The lowest BCUT2D eigenvalue weighted by Crippen LogP contribution is -2.13. The van der Waals surface area contributed by atoms with Gasteiger partial charge in [0.1, 0.15) is 0 Å². The molecule has 2 aromatic carbocycles. The standard InChI is InChI=1S/C15H15ClN2O/c1-9-3-6-14(10(2)7-9)18-15(19)11-4-5-13(17)12(16)8-11/h3-8H,17H2,1-2H3,(H,18,19). The zero-order chi connectivity index (χ0) is 14.0. The summed E-state index contributed by atoms with van der Waals surface area (Å²) in [5.41, 5.74) is 9.54. The van der Waals surface area contributed by atoms with E-state index < -0.39 is 0 Å². The highest BCUT2D eigenvalue weighted by Gasteiger charge is 2.09. The second-order valence-corrected chi connectivity index (χ2v) is 4.92. The highest BCUT2D eigenvalue weighted by atomic mass is 35.5. The smallest absolute Gasteiger partial charge is 0.255 e. The molecule has 0 fully saturated rings. The summed E-state index contributed by atoms with van der Waals surface area (Å²) in [6.45, 7) is 3.97. The number of hydrogen-bond donors (Lipinski definition) is 2. The van der Waals surface area contributed by atoms with Gasteiger partial charge in [0.15, 0.2) is 0 Å². The van der Waals surface area contributed by atoms with Crippen LogP contribution in [0.25, 0.3) is 0 Å². The molecule has 2 rings (SSSR count). The number of hydrogen-bond acceptors (Lipinski definition) is 2. The molecule has 0 aliphatic heterocycles. The SMILES string of the molecule is Cc1ccc(NC(=O)c2ccc(N)c(Cl)c2)c(C)c1. The molecule has 0 radical (unpaired) electrons. The first-order valence-corrected chi connectivity index (χ1v) is 6.29. The van der Waals surface area contributed by atoms with Crippen LogP contribution in [0.1, 0.15) is 21.5 Å². The monoisotopic (exact) mass is 274 g/mol. The number of benzene rings is 2. The highest BCUT2D eigenvalue weighted by Crippen LogP contribution is 2.21. The summed E-state index contributed by atoms with van der Waals surface area (Å²) in [6.07, 6.45) is 0. The lowest BCUT2D eigenvalue weighted by atomic mass is 10.1. The van der Waals surface area contributed by atoms with Crippen molar-refractivity contribution in [2.75, 3.05) is 11.1 Å². The van der Waals surface area contributed by atoms with Gasteiger partial charge in [0.25, 0.3) is 5.91 Å². The Hall–Kier alpha value is -2.00. The minimum Gasteiger partial charge on any atom is -0.398 e. The van der Waals surface area contributed by atoms with Gasteiger partial charge in [0.05, 0.1) is 10.7 Å². The van der Waals surface area contributed by atoms with Gasteiger partial charge in [-0.05, 0) is 43.7 Å². The Morgan fingerprint density at radius 3 is 2.53 bits per heavy atom. The molecule has 3 nitrogen and oxygen atoms in total. The minimum absolute atomic E-state index is 0.200. The Balaban J connectivity index is 2.23. The molecule has 4 heteroatoms. The number of amides is 1. The second kappa shape index (κ2) is 5.33. The van der Waals surface area contributed by atoms with Crippen LogP contribution in [0.3, 0.4) is 0 Å². The summed E-state index contributed by atoms with van der Waals surface area (Å²) < 4.78 is 0. The Labute approximate surface area is 117 Å². The number of nitrogens with one attached hydrogen (secondary N) is 1. The normalized spacial score (nSPS) is 10.3. The highest BCUT2D eigenvalue weighted by molar-refractivity contribution is 6.33. The van der Waals surface area contributed by atoms with Crippen molar-refractivity contribution >= 4 is 28.9 Å². The van der Waals surface area contributed by atoms with Gasteiger partial charge in [-0.15, -0.1) is 0 Å². The number of halogens is 1. The van der Waals surface area contributed by atoms with E-state index in [1.807, 2.05) is 32.0 Å². The number of anilines is 2. The average molecular weight is 275 g/mol. The van der Waals surface area contributed by atoms with E-state index in [0.717, 1.165) is 16.8 Å². The fourth-order valence-corrected chi connectivity index (χ4v) is 2.00. The lowest BCUT2D eigenvalue weighted by Gasteiger charge is -2.09. The molecule has 1 amide bonds. The molecule has 0 saturated carbocycles. The summed E-state index contributed by atoms with van der Waals surface area (Å²) in [6, 6.07) is 10.7. The molecule has 19 heavy (non-hydrogen) atoms. The van der Waals surface area contributed by atoms with Crippen molar-refractivity contribution in [2.45, 2.75) is 13.8 Å². The molecule has 0 aliphatic rings. The molecule has 0 saturated heterocycles. The quantitative estimate of drug-likeness (QED) is 0.819. The lowest BCUT2D eigenvalue weighted by molar-refractivity contribution is 0.102. The minimum atomic E-state index is -0.200. The van der Waals surface area contributed by atoms with Crippen LogP contribution < -0.4 is 11.1 Å². The molecule has 0 aliphatic carbocycles. The van der Waals surface area contributed by atoms with Crippen molar-refractivity contribution in [1.29, 1.82) is 0 Å². The first-order chi connectivity index (χ1) is 8.97. The molecule has 0 spiro atoms. The van der Waals surface area contributed by atoms with Gasteiger partial charge >= 0.3 is 0 Å². The van der Waals surface area contributed by atoms with Crippen LogP contribution in [0, 0.1) is 13.8 Å². The predicted octanol–water partition coefficient (Wildman–Crippen LogP) is 3.79. The van der Waals surface area contributed by atoms with E-state index in [-0.39, 0.29) is 5.91 Å². The summed E-state index contributed by atoms with van der Waals surface area (Å²) in [4.78, 5) is 12.1. The van der Waals surface area contributed by atoms with Gasteiger partial charge in [-0.2, -0.15) is 0 Å². The van der Waals surface area contributed by atoms with Crippen molar-refractivity contribution in [3.05, 3.63) is 58.1 Å². The van der Waals surface area contributed by atoms with Crippen LogP contribution in [-0.4, -0.2) is 5.91 Å². The summed E-state index contributed by atoms with van der Waals surface area (Å²) in [7, 11) is 0. The third-order valence-corrected chi connectivity index (χ3v) is 3.22. The van der Waals surface area contributed by atoms with E-state index in [1.54, 1.807) is 18.2 Å². The van der Waals surface area contributed by atoms with Gasteiger partial charge in [-0.1, -0.05) is 29.3 Å². The number of nitrogens with two attached hydrogens (primary N) is 1. The molecule has 3 N–H and O–H groups in total. The summed E-state index contributed by atoms with van der Waals surface area (Å²) >= 11 is 5.91. The first-order valence-electron chi connectivity index (χ1n) is 5.91. The van der Waals surface area contributed by atoms with E-state index >= 15 is 0 Å². The third-order valence-electron chi connectivity index (χ3n) is 2.89. The Morgan fingerprint density at radius 1 is 1.16 bits per heavy atom. The van der Waals surface area contributed by atoms with E-state index in [2.05, 4.69) is 5.32 Å². The van der Waals surface area contributed by atoms with Crippen LogP contribution in [0.4, 0.5) is 11.4 Å². The maximum Gasteiger partial charge on any atom is 0.255 e. The first kappa shape index (κ1) is 13.4. The molecule has 0 unspecified atom stereocenters. The van der Waals surface area contributed by atoms with Gasteiger partial charge in [0.2, 0.25) is 0 Å². The van der Waals surface area contributed by atoms with Gasteiger partial charge in [-0.3, -0.25) is 4.79 Å². The Bertz CT molecular complexity index is 638. The summed E-state index contributed by atoms with van der Waals surface area (Å²) in [5.74, 6) is -0.200. The van der Waals surface area contributed by atoms with Crippen LogP contribution in [0.15, 0.2) is 36.4 Å². The third kappa shape index (κ3) is 3.06. The van der Waals surface area contributed by atoms with Crippen molar-refractivity contribution in [3.63, 3.8) is 0 Å². The zero-order valence-electron chi connectivity index (χ0n) is 10.8. The van der Waals surface area contributed by atoms with E-state index in [0.29, 0.717) is 16.3 Å². The second-order valence-electron chi connectivity index (χ2n) is 4.51. The van der Waals surface area contributed by atoms with Crippen LogP contribution >= 0.6 is 11.6 Å². The van der Waals surface area contributed by atoms with E-state index in [1.165, 1.54) is 0 Å². The van der Waals surface area contributed by atoms with Crippen LogP contribution in [-0.2, 0) is 0 Å².